The largest absolute Gasteiger partial charge is 0.476 e. The van der Waals surface area contributed by atoms with Crippen LogP contribution in [-0.4, -0.2) is 59.3 Å². The summed E-state index contributed by atoms with van der Waals surface area (Å²) in [5.41, 5.74) is 0. The van der Waals surface area contributed by atoms with Crippen LogP contribution in [0.5, 0.6) is 5.75 Å². The first kappa shape index (κ1) is 19.1. The molecule has 25 heavy (non-hydrogen) atoms. The van der Waals surface area contributed by atoms with Crippen molar-refractivity contribution in [3.8, 4) is 5.75 Å². The highest BCUT2D eigenvalue weighted by Crippen LogP contribution is 2.24. The number of nitrogens with zero attached hydrogens (tertiary/aromatic N) is 3. The summed E-state index contributed by atoms with van der Waals surface area (Å²) in [7, 11) is -3.13. The summed E-state index contributed by atoms with van der Waals surface area (Å²) in [6.07, 6.45) is 2.32. The van der Waals surface area contributed by atoms with E-state index in [1.807, 2.05) is 13.8 Å². The van der Waals surface area contributed by atoms with Crippen LogP contribution >= 0.6 is 0 Å². The molecule has 10 heteroatoms. The molecule has 0 bridgehead atoms. The number of sulfone groups is 1. The fraction of sp³-hybridized carbons (Fsp3) is 0.600. The van der Waals surface area contributed by atoms with Crippen LogP contribution in [0.3, 0.4) is 0 Å². The Hall–Kier alpha value is -2.23. The average Bonchev–Trinajstić information content (AvgIpc) is 2.92. The summed E-state index contributed by atoms with van der Waals surface area (Å²) in [4.78, 5) is 28.0. The molecule has 1 fully saturated rings. The van der Waals surface area contributed by atoms with Gasteiger partial charge in [-0.3, -0.25) is 4.79 Å². The molecule has 1 amide bonds. The highest BCUT2D eigenvalue weighted by Gasteiger charge is 2.36. The van der Waals surface area contributed by atoms with Gasteiger partial charge in [-0.25, -0.2) is 8.42 Å². The molecule has 0 radical (unpaired) electrons. The molecule has 0 aromatic carbocycles. The number of pyridine rings is 1. The molecule has 0 spiro atoms. The second-order valence-electron chi connectivity index (χ2n) is 5.99. The maximum Gasteiger partial charge on any atom is 0.406 e. The summed E-state index contributed by atoms with van der Waals surface area (Å²) in [5, 5.41) is 10.9. The Morgan fingerprint density at radius 3 is 2.84 bits per heavy atom. The Bertz CT molecular complexity index is 751. The molecule has 9 nitrogen and oxygen atoms in total. The number of amides is 1. The first-order valence-electron chi connectivity index (χ1n) is 7.99. The number of aromatic nitrogens is 1. The van der Waals surface area contributed by atoms with Crippen molar-refractivity contribution in [1.29, 1.82) is 0 Å². The van der Waals surface area contributed by atoms with Crippen LogP contribution in [0.2, 0.25) is 0 Å². The highest BCUT2D eigenvalue weighted by molar-refractivity contribution is 7.91. The van der Waals surface area contributed by atoms with E-state index in [-0.39, 0.29) is 29.3 Å². The summed E-state index contributed by atoms with van der Waals surface area (Å²) in [6.45, 7) is 3.34. The third-order valence-electron chi connectivity index (χ3n) is 4.23. The number of hydrogen-bond donors (Lipinski definition) is 0. The van der Waals surface area contributed by atoms with Crippen molar-refractivity contribution in [2.45, 2.75) is 38.8 Å². The Kier molecular flexibility index (Phi) is 5.93. The first-order chi connectivity index (χ1) is 11.7. The molecule has 1 aromatic rings. The standard InChI is InChI=1S/C15H21N3O6S/c1-3-11(2)17(12-6-8-25(22,23)10-12)14(19)9-24-13-5-4-7-16-15(13)18(20)21/h4-5,7,11-12H,3,6,8-10H2,1-2H3/t11-,12+/m0/s1. The van der Waals surface area contributed by atoms with Crippen LogP contribution in [-0.2, 0) is 14.6 Å². The van der Waals surface area contributed by atoms with E-state index in [2.05, 4.69) is 4.98 Å². The molecule has 0 aliphatic carbocycles. The van der Waals surface area contributed by atoms with E-state index in [1.54, 1.807) is 0 Å². The zero-order valence-corrected chi connectivity index (χ0v) is 14.9. The quantitative estimate of drug-likeness (QED) is 0.521. The SMILES string of the molecule is CC[C@H](C)N(C(=O)COc1cccnc1[N+](=O)[O-])[C@@H]1CCS(=O)(=O)C1. The van der Waals surface area contributed by atoms with Gasteiger partial charge in [0.05, 0.1) is 11.5 Å². The number of hydrogen-bond acceptors (Lipinski definition) is 7. The highest BCUT2D eigenvalue weighted by atomic mass is 32.2. The van der Waals surface area contributed by atoms with Crippen molar-refractivity contribution in [3.05, 3.63) is 28.4 Å². The molecule has 2 atom stereocenters. The fourth-order valence-corrected chi connectivity index (χ4v) is 4.56. The molecule has 1 saturated heterocycles. The second kappa shape index (κ2) is 7.77. The van der Waals surface area contributed by atoms with Gasteiger partial charge >= 0.3 is 5.82 Å². The molecule has 1 aromatic heterocycles. The summed E-state index contributed by atoms with van der Waals surface area (Å²) in [6, 6.07) is 2.30. The Morgan fingerprint density at radius 1 is 1.56 bits per heavy atom. The first-order valence-corrected chi connectivity index (χ1v) is 9.81. The van der Waals surface area contributed by atoms with Crippen LogP contribution in [0.15, 0.2) is 18.3 Å². The van der Waals surface area contributed by atoms with Gasteiger partial charge in [0.2, 0.25) is 5.75 Å². The lowest BCUT2D eigenvalue weighted by molar-refractivity contribution is -0.390. The molecule has 138 valence electrons. The zero-order chi connectivity index (χ0) is 18.6. The third kappa shape index (κ3) is 4.65. The molecular weight excluding hydrogens is 350 g/mol. The number of nitro groups is 1. The minimum absolute atomic E-state index is 0.0594. The molecule has 2 rings (SSSR count). The topological polar surface area (TPSA) is 120 Å². The van der Waals surface area contributed by atoms with Crippen LogP contribution in [0, 0.1) is 10.1 Å². The van der Waals surface area contributed by atoms with Crippen molar-refractivity contribution in [2.75, 3.05) is 18.1 Å². The predicted octanol–water partition coefficient (Wildman–Crippen LogP) is 1.18. The predicted molar refractivity (Wildman–Crippen MR) is 90.0 cm³/mol. The van der Waals surface area contributed by atoms with Gasteiger partial charge in [0.15, 0.2) is 16.4 Å². The van der Waals surface area contributed by atoms with E-state index in [1.165, 1.54) is 23.2 Å². The summed E-state index contributed by atoms with van der Waals surface area (Å²) < 4.78 is 28.8. The van der Waals surface area contributed by atoms with Crippen LogP contribution < -0.4 is 4.74 Å². The summed E-state index contributed by atoms with van der Waals surface area (Å²) >= 11 is 0. The minimum atomic E-state index is -3.13. The lowest BCUT2D eigenvalue weighted by Crippen LogP contribution is -2.48. The van der Waals surface area contributed by atoms with E-state index in [4.69, 9.17) is 4.74 Å². The molecular formula is C15H21N3O6S. The lowest BCUT2D eigenvalue weighted by atomic mass is 10.1. The monoisotopic (exact) mass is 371 g/mol. The normalized spacial score (nSPS) is 20.0. The molecule has 1 aliphatic rings. The Morgan fingerprint density at radius 2 is 2.28 bits per heavy atom. The molecule has 2 heterocycles. The van der Waals surface area contributed by atoms with Crippen LogP contribution in [0.25, 0.3) is 0 Å². The van der Waals surface area contributed by atoms with Gasteiger partial charge < -0.3 is 19.8 Å². The average molecular weight is 371 g/mol. The van der Waals surface area contributed by atoms with E-state index in [0.29, 0.717) is 12.8 Å². The van der Waals surface area contributed by atoms with Crippen molar-refractivity contribution < 1.29 is 22.9 Å². The van der Waals surface area contributed by atoms with E-state index >= 15 is 0 Å². The number of ether oxygens (including phenoxy) is 1. The molecule has 0 N–H and O–H groups in total. The van der Waals surface area contributed by atoms with Gasteiger partial charge in [-0.2, -0.15) is 0 Å². The van der Waals surface area contributed by atoms with E-state index in [0.717, 1.165) is 0 Å². The van der Waals surface area contributed by atoms with Crippen molar-refractivity contribution in [1.82, 2.24) is 9.88 Å². The Balaban J connectivity index is 2.12. The van der Waals surface area contributed by atoms with E-state index < -0.39 is 33.1 Å². The van der Waals surface area contributed by atoms with E-state index in [9.17, 15) is 23.3 Å². The third-order valence-corrected chi connectivity index (χ3v) is 5.98. The van der Waals surface area contributed by atoms with Gasteiger partial charge in [0.25, 0.3) is 5.91 Å². The van der Waals surface area contributed by atoms with Crippen LogP contribution in [0.4, 0.5) is 5.82 Å². The van der Waals surface area contributed by atoms with Crippen LogP contribution in [0.1, 0.15) is 26.7 Å². The number of carbonyl (C=O) groups excluding carboxylic acids is 1. The number of carbonyl (C=O) groups is 1. The van der Waals surface area contributed by atoms with Crippen molar-refractivity contribution >= 4 is 21.6 Å². The minimum Gasteiger partial charge on any atom is -0.476 e. The number of rotatable bonds is 7. The zero-order valence-electron chi connectivity index (χ0n) is 14.1. The fourth-order valence-electron chi connectivity index (χ4n) is 2.85. The van der Waals surface area contributed by atoms with Gasteiger partial charge in [0, 0.05) is 12.1 Å². The summed E-state index contributed by atoms with van der Waals surface area (Å²) in [5.74, 6) is -0.949. The van der Waals surface area contributed by atoms with Crippen molar-refractivity contribution in [3.63, 3.8) is 0 Å². The maximum atomic E-state index is 12.6. The smallest absolute Gasteiger partial charge is 0.406 e. The van der Waals surface area contributed by atoms with Gasteiger partial charge in [-0.1, -0.05) is 6.92 Å². The molecule has 1 aliphatic heterocycles. The maximum absolute atomic E-state index is 12.6. The molecule has 0 saturated carbocycles. The van der Waals surface area contributed by atoms with Gasteiger partial charge in [-0.15, -0.1) is 0 Å². The van der Waals surface area contributed by atoms with Gasteiger partial charge in [-0.05, 0) is 41.8 Å². The second-order valence-corrected chi connectivity index (χ2v) is 8.21. The Labute approximate surface area is 146 Å². The van der Waals surface area contributed by atoms with Gasteiger partial charge in [0.1, 0.15) is 6.20 Å². The lowest BCUT2D eigenvalue weighted by Gasteiger charge is -2.33. The molecule has 0 unspecified atom stereocenters. The van der Waals surface area contributed by atoms with Crippen molar-refractivity contribution in [2.24, 2.45) is 0 Å².